The van der Waals surface area contributed by atoms with Crippen LogP contribution in [0.15, 0.2) is 36.8 Å². The van der Waals surface area contributed by atoms with Gasteiger partial charge in [0.25, 0.3) is 0 Å². The predicted octanol–water partition coefficient (Wildman–Crippen LogP) is 2.05. The maximum Gasteiger partial charge on any atom is 0.205 e. The van der Waals surface area contributed by atoms with Gasteiger partial charge in [-0.2, -0.15) is 0 Å². The first kappa shape index (κ1) is 10.1. The number of allylic oxidation sites excluding steroid dienone is 2. The largest absolute Gasteiger partial charge is 0.354 e. The fourth-order valence-corrected chi connectivity index (χ4v) is 2.44. The van der Waals surface area contributed by atoms with Gasteiger partial charge in [-0.05, 0) is 18.2 Å². The summed E-state index contributed by atoms with van der Waals surface area (Å²) in [5.74, 6) is -0.444. The second-order valence-electron chi connectivity index (χ2n) is 4.38. The zero-order chi connectivity index (χ0) is 13.0. The van der Waals surface area contributed by atoms with Crippen LogP contribution in [0.3, 0.4) is 0 Å². The van der Waals surface area contributed by atoms with Crippen LogP contribution in [0.25, 0.3) is 21.8 Å². The highest BCUT2D eigenvalue weighted by atomic mass is 16.1. The number of hydrogen-bond donors (Lipinski definition) is 1. The number of fused-ring (bicyclic) bond motifs is 5. The zero-order valence-corrected chi connectivity index (χ0v) is 9.68. The number of aromatic amines is 1. The van der Waals surface area contributed by atoms with Crippen molar-refractivity contribution in [2.24, 2.45) is 0 Å². The van der Waals surface area contributed by atoms with Crippen LogP contribution in [-0.2, 0) is 0 Å². The molecule has 0 radical (unpaired) electrons. The SMILES string of the molecule is O=C1C=CC(=O)c2c1ncc1c2[nH]c2ccncc21. The fraction of sp³-hybridized carbons (Fsp3) is 0. The van der Waals surface area contributed by atoms with Crippen LogP contribution in [0.2, 0.25) is 0 Å². The van der Waals surface area contributed by atoms with Gasteiger partial charge in [-0.25, -0.2) is 0 Å². The van der Waals surface area contributed by atoms with Crippen molar-refractivity contribution in [2.75, 3.05) is 0 Å². The van der Waals surface area contributed by atoms with Gasteiger partial charge in [0, 0.05) is 34.9 Å². The van der Waals surface area contributed by atoms with Gasteiger partial charge in [-0.15, -0.1) is 0 Å². The Hall–Kier alpha value is -2.82. The molecule has 0 bridgehead atoms. The number of carbonyl (C=O) groups is 2. The molecule has 0 amide bonds. The minimum atomic E-state index is -0.242. The number of nitrogens with one attached hydrogen (secondary N) is 1. The van der Waals surface area contributed by atoms with Crippen molar-refractivity contribution >= 4 is 33.4 Å². The van der Waals surface area contributed by atoms with E-state index < -0.39 is 0 Å². The van der Waals surface area contributed by atoms with Crippen LogP contribution in [0, 0.1) is 0 Å². The Balaban J connectivity index is 2.23. The Bertz CT molecular complexity index is 906. The third kappa shape index (κ3) is 1.24. The van der Waals surface area contributed by atoms with Crippen LogP contribution >= 0.6 is 0 Å². The molecule has 1 N–H and O–H groups in total. The maximum atomic E-state index is 12.0. The van der Waals surface area contributed by atoms with Crippen LogP contribution in [-0.4, -0.2) is 26.5 Å². The number of ketones is 2. The molecule has 5 heteroatoms. The van der Waals surface area contributed by atoms with Gasteiger partial charge in [0.2, 0.25) is 5.78 Å². The Labute approximate surface area is 107 Å². The van der Waals surface area contributed by atoms with Crippen molar-refractivity contribution in [1.82, 2.24) is 15.0 Å². The average Bonchev–Trinajstić information content (AvgIpc) is 2.81. The van der Waals surface area contributed by atoms with Gasteiger partial charge >= 0.3 is 0 Å². The highest BCUT2D eigenvalue weighted by molar-refractivity contribution is 6.27. The standard InChI is InChI=1S/C14H7N3O2/c18-10-1-2-11(19)14-12(10)13-8(6-16-14)7-5-15-4-3-9(7)17-13/h1-6,17H. The Morgan fingerprint density at radius 2 is 1.84 bits per heavy atom. The maximum absolute atomic E-state index is 12.0. The summed E-state index contributed by atoms with van der Waals surface area (Å²) in [4.78, 5) is 35.1. The van der Waals surface area contributed by atoms with Crippen molar-refractivity contribution < 1.29 is 9.59 Å². The van der Waals surface area contributed by atoms with Crippen molar-refractivity contribution in [1.29, 1.82) is 0 Å². The fourth-order valence-electron chi connectivity index (χ4n) is 2.44. The quantitative estimate of drug-likeness (QED) is 0.661. The summed E-state index contributed by atoms with van der Waals surface area (Å²) in [6.45, 7) is 0. The minimum absolute atomic E-state index is 0.202. The Morgan fingerprint density at radius 1 is 1.00 bits per heavy atom. The molecule has 0 saturated heterocycles. The van der Waals surface area contributed by atoms with Gasteiger partial charge in [0.1, 0.15) is 5.69 Å². The Morgan fingerprint density at radius 3 is 2.74 bits per heavy atom. The van der Waals surface area contributed by atoms with E-state index in [2.05, 4.69) is 15.0 Å². The first-order valence-corrected chi connectivity index (χ1v) is 5.77. The summed E-state index contributed by atoms with van der Waals surface area (Å²) >= 11 is 0. The molecule has 0 saturated carbocycles. The number of H-pyrrole nitrogens is 1. The first-order valence-electron chi connectivity index (χ1n) is 5.77. The molecule has 3 heterocycles. The molecule has 5 nitrogen and oxygen atoms in total. The number of carbonyl (C=O) groups excluding carboxylic acids is 2. The smallest absolute Gasteiger partial charge is 0.205 e. The van der Waals surface area contributed by atoms with E-state index in [-0.39, 0.29) is 17.3 Å². The monoisotopic (exact) mass is 249 g/mol. The van der Waals surface area contributed by atoms with Crippen molar-refractivity contribution in [3.05, 3.63) is 48.1 Å². The molecule has 1 aliphatic rings. The van der Waals surface area contributed by atoms with Gasteiger partial charge in [0.15, 0.2) is 5.78 Å². The number of nitrogens with zero attached hydrogens (tertiary/aromatic N) is 2. The molecule has 0 spiro atoms. The summed E-state index contributed by atoms with van der Waals surface area (Å²) in [6, 6.07) is 1.83. The highest BCUT2D eigenvalue weighted by Gasteiger charge is 2.24. The van der Waals surface area contributed by atoms with Crippen LogP contribution in [0.4, 0.5) is 0 Å². The molecule has 0 fully saturated rings. The van der Waals surface area contributed by atoms with E-state index in [0.717, 1.165) is 16.3 Å². The van der Waals surface area contributed by atoms with Gasteiger partial charge < -0.3 is 4.98 Å². The lowest BCUT2D eigenvalue weighted by atomic mass is 9.98. The molecule has 3 aromatic heterocycles. The first-order chi connectivity index (χ1) is 9.25. The molecular formula is C14H7N3O2. The van der Waals surface area contributed by atoms with Gasteiger partial charge in [0.05, 0.1) is 11.1 Å². The molecule has 19 heavy (non-hydrogen) atoms. The van der Waals surface area contributed by atoms with Crippen molar-refractivity contribution in [2.45, 2.75) is 0 Å². The molecule has 1 aliphatic carbocycles. The molecule has 90 valence electrons. The molecule has 4 rings (SSSR count). The summed E-state index contributed by atoms with van der Waals surface area (Å²) in [5.41, 5.74) is 2.08. The van der Waals surface area contributed by atoms with Crippen LogP contribution < -0.4 is 0 Å². The molecule has 0 aliphatic heterocycles. The molecule has 0 unspecified atom stereocenters. The van der Waals surface area contributed by atoms with E-state index in [1.165, 1.54) is 12.2 Å². The summed E-state index contributed by atoms with van der Waals surface area (Å²) < 4.78 is 0. The highest BCUT2D eigenvalue weighted by Crippen LogP contribution is 2.29. The number of pyridine rings is 2. The van der Waals surface area contributed by atoms with Crippen molar-refractivity contribution in [3.63, 3.8) is 0 Å². The Kier molecular flexibility index (Phi) is 1.79. The average molecular weight is 249 g/mol. The lowest BCUT2D eigenvalue weighted by molar-refractivity contribution is 0.0991. The van der Waals surface area contributed by atoms with Crippen molar-refractivity contribution in [3.8, 4) is 0 Å². The van der Waals surface area contributed by atoms with Crippen LogP contribution in [0.5, 0.6) is 0 Å². The number of rotatable bonds is 0. The lowest BCUT2D eigenvalue weighted by Crippen LogP contribution is -2.14. The second-order valence-corrected chi connectivity index (χ2v) is 4.38. The van der Waals surface area contributed by atoms with E-state index >= 15 is 0 Å². The number of hydrogen-bond acceptors (Lipinski definition) is 4. The minimum Gasteiger partial charge on any atom is -0.354 e. The van der Waals surface area contributed by atoms with Gasteiger partial charge in [-0.1, -0.05) is 0 Å². The summed E-state index contributed by atoms with van der Waals surface area (Å²) in [5, 5.41) is 1.70. The third-order valence-electron chi connectivity index (χ3n) is 3.32. The van der Waals surface area contributed by atoms with E-state index in [1.54, 1.807) is 18.6 Å². The van der Waals surface area contributed by atoms with E-state index in [9.17, 15) is 9.59 Å². The summed E-state index contributed by atoms with van der Waals surface area (Å²) in [6.07, 6.45) is 7.54. The number of aromatic nitrogens is 3. The van der Waals surface area contributed by atoms with E-state index in [4.69, 9.17) is 0 Å². The third-order valence-corrected chi connectivity index (χ3v) is 3.32. The normalized spacial score (nSPS) is 14.3. The second kappa shape index (κ2) is 3.35. The molecule has 0 aromatic carbocycles. The van der Waals surface area contributed by atoms with Crippen LogP contribution in [0.1, 0.15) is 20.8 Å². The van der Waals surface area contributed by atoms with Gasteiger partial charge in [-0.3, -0.25) is 19.6 Å². The zero-order valence-electron chi connectivity index (χ0n) is 9.68. The van der Waals surface area contributed by atoms with E-state index in [0.29, 0.717) is 11.1 Å². The summed E-state index contributed by atoms with van der Waals surface area (Å²) in [7, 11) is 0. The predicted molar refractivity (Wildman–Crippen MR) is 69.2 cm³/mol. The lowest BCUT2D eigenvalue weighted by Gasteiger charge is -2.08. The van der Waals surface area contributed by atoms with E-state index in [1.807, 2.05) is 6.07 Å². The topological polar surface area (TPSA) is 75.7 Å². The molecule has 0 atom stereocenters. The molecule has 3 aromatic rings. The molecular weight excluding hydrogens is 242 g/mol.